The molecule has 0 spiro atoms. The molecular weight excluding hydrogens is 388 g/mol. The molecule has 0 amide bonds. The zero-order chi connectivity index (χ0) is 21.7. The van der Waals surface area contributed by atoms with Gasteiger partial charge in [0.2, 0.25) is 0 Å². The van der Waals surface area contributed by atoms with Crippen LogP contribution in [0, 0.1) is 0 Å². The van der Waals surface area contributed by atoms with Crippen LogP contribution >= 0.6 is 11.6 Å². The molecule has 0 bridgehead atoms. The molecule has 1 aliphatic heterocycles. The predicted octanol–water partition coefficient (Wildman–Crippen LogP) is 6.09. The van der Waals surface area contributed by atoms with E-state index >= 15 is 0 Å². The van der Waals surface area contributed by atoms with Gasteiger partial charge < -0.3 is 9.47 Å². The number of ketones is 1. The van der Waals surface area contributed by atoms with Crippen LogP contribution in [0.15, 0.2) is 34.9 Å². The van der Waals surface area contributed by atoms with E-state index in [9.17, 15) is 9.59 Å². The molecule has 1 atom stereocenters. The first-order chi connectivity index (χ1) is 13.8. The van der Waals surface area contributed by atoms with E-state index in [1.54, 1.807) is 0 Å². The van der Waals surface area contributed by atoms with Crippen LogP contribution in [0.2, 0.25) is 0 Å². The number of ether oxygens (including phenoxy) is 2. The van der Waals surface area contributed by atoms with Crippen LogP contribution in [0.4, 0.5) is 0 Å². The molecular formula is C24H37ClO4. The highest BCUT2D eigenvalue weighted by Crippen LogP contribution is 2.30. The first-order valence-electron chi connectivity index (χ1n) is 10.6. The third-order valence-corrected chi connectivity index (χ3v) is 5.32. The average molecular weight is 425 g/mol. The summed E-state index contributed by atoms with van der Waals surface area (Å²) in [6.07, 6.45) is 13.0. The van der Waals surface area contributed by atoms with E-state index in [1.807, 2.05) is 0 Å². The molecule has 1 aliphatic rings. The summed E-state index contributed by atoms with van der Waals surface area (Å²) in [5.41, 5.74) is 3.08. The lowest BCUT2D eigenvalue weighted by molar-refractivity contribution is -0.180. The zero-order valence-electron chi connectivity index (χ0n) is 18.5. The second-order valence-electron chi connectivity index (χ2n) is 8.14. The Morgan fingerprint density at radius 1 is 1.07 bits per heavy atom. The normalized spacial score (nSPS) is 20.5. The number of halogens is 1. The van der Waals surface area contributed by atoms with Gasteiger partial charge in [0.25, 0.3) is 0 Å². The van der Waals surface area contributed by atoms with Crippen molar-refractivity contribution in [1.82, 2.24) is 0 Å². The number of carbonyl (C=O) groups is 2. The monoisotopic (exact) mass is 424 g/mol. The lowest BCUT2D eigenvalue weighted by Gasteiger charge is -2.34. The van der Waals surface area contributed by atoms with E-state index < -0.39 is 11.6 Å². The van der Waals surface area contributed by atoms with Crippen molar-refractivity contribution >= 4 is 23.4 Å². The fourth-order valence-corrected chi connectivity index (χ4v) is 3.40. The smallest absolute Gasteiger partial charge is 0.338 e. The topological polar surface area (TPSA) is 52.6 Å². The van der Waals surface area contributed by atoms with Crippen molar-refractivity contribution in [3.8, 4) is 0 Å². The van der Waals surface area contributed by atoms with Crippen LogP contribution in [0.1, 0.15) is 79.1 Å². The molecule has 0 aromatic carbocycles. The molecule has 1 fully saturated rings. The van der Waals surface area contributed by atoms with Crippen LogP contribution in [0.3, 0.4) is 0 Å². The third kappa shape index (κ3) is 10.3. The molecule has 0 N–H and O–H groups in total. The fraction of sp³-hybridized carbons (Fsp3) is 0.667. The van der Waals surface area contributed by atoms with Gasteiger partial charge in [-0.25, -0.2) is 4.79 Å². The van der Waals surface area contributed by atoms with E-state index in [1.165, 1.54) is 16.7 Å². The second kappa shape index (κ2) is 13.8. The van der Waals surface area contributed by atoms with Crippen molar-refractivity contribution in [3.05, 3.63) is 34.9 Å². The lowest BCUT2D eigenvalue weighted by atomic mass is 9.88. The zero-order valence-corrected chi connectivity index (χ0v) is 19.3. The number of hydrogen-bond donors (Lipinski definition) is 0. The third-order valence-electron chi connectivity index (χ3n) is 5.16. The number of carbonyl (C=O) groups excluding carboxylic acids is 2. The van der Waals surface area contributed by atoms with Crippen molar-refractivity contribution in [1.29, 1.82) is 0 Å². The van der Waals surface area contributed by atoms with Gasteiger partial charge in [-0.1, -0.05) is 34.9 Å². The molecule has 0 aromatic heterocycles. The highest BCUT2D eigenvalue weighted by Gasteiger charge is 2.43. The molecule has 1 unspecified atom stereocenters. The Morgan fingerprint density at radius 3 is 2.24 bits per heavy atom. The van der Waals surface area contributed by atoms with Gasteiger partial charge in [0.1, 0.15) is 13.2 Å². The molecule has 5 heteroatoms. The first-order valence-corrected chi connectivity index (χ1v) is 11.2. The standard InChI is InChI=1S/C24H37ClO4/c1-19(2)8-5-9-20(3)10-6-11-21(4)12-7-14-24(23(27)28-17-16-25)15-13-22(26)18-29-24/h8,10,12H,5-7,9,11,13-18H2,1-4H3/b20-10+,21-12+. The Hall–Kier alpha value is -1.39. The molecule has 1 heterocycles. The van der Waals surface area contributed by atoms with Gasteiger partial charge >= 0.3 is 5.97 Å². The van der Waals surface area contributed by atoms with Crippen molar-refractivity contribution in [3.63, 3.8) is 0 Å². The average Bonchev–Trinajstić information content (AvgIpc) is 2.67. The summed E-state index contributed by atoms with van der Waals surface area (Å²) in [6, 6.07) is 0. The van der Waals surface area contributed by atoms with Crippen LogP contribution in [-0.4, -0.2) is 36.4 Å². The molecule has 0 radical (unpaired) electrons. The summed E-state index contributed by atoms with van der Waals surface area (Å²) >= 11 is 5.62. The van der Waals surface area contributed by atoms with E-state index in [0.29, 0.717) is 19.3 Å². The van der Waals surface area contributed by atoms with Crippen molar-refractivity contribution < 1.29 is 19.1 Å². The second-order valence-corrected chi connectivity index (χ2v) is 8.52. The quantitative estimate of drug-likeness (QED) is 0.216. The summed E-state index contributed by atoms with van der Waals surface area (Å²) in [5, 5.41) is 0. The Morgan fingerprint density at radius 2 is 1.69 bits per heavy atom. The van der Waals surface area contributed by atoms with E-state index in [4.69, 9.17) is 21.1 Å². The van der Waals surface area contributed by atoms with E-state index in [2.05, 4.69) is 45.9 Å². The summed E-state index contributed by atoms with van der Waals surface area (Å²) in [7, 11) is 0. The Balaban J connectivity index is 2.50. The minimum atomic E-state index is -1.02. The van der Waals surface area contributed by atoms with Gasteiger partial charge in [0.05, 0.1) is 5.88 Å². The van der Waals surface area contributed by atoms with Crippen molar-refractivity contribution in [2.75, 3.05) is 19.1 Å². The maximum absolute atomic E-state index is 12.5. The predicted molar refractivity (Wildman–Crippen MR) is 119 cm³/mol. The largest absolute Gasteiger partial charge is 0.462 e. The molecule has 164 valence electrons. The summed E-state index contributed by atoms with van der Waals surface area (Å²) < 4.78 is 10.9. The van der Waals surface area contributed by atoms with Gasteiger partial charge in [-0.05, 0) is 72.6 Å². The molecule has 0 saturated carbocycles. The van der Waals surface area contributed by atoms with Crippen LogP contribution in [0.25, 0.3) is 0 Å². The number of alkyl halides is 1. The Labute approximate surface area is 181 Å². The summed E-state index contributed by atoms with van der Waals surface area (Å²) in [5.74, 6) is -0.114. The van der Waals surface area contributed by atoms with Crippen LogP contribution in [0.5, 0.6) is 0 Å². The molecule has 1 saturated heterocycles. The number of esters is 1. The SMILES string of the molecule is CC(C)=CCC/C(C)=C/CC/C(C)=C/CCC1(C(=O)OCCCl)CCC(=O)CO1. The minimum Gasteiger partial charge on any atom is -0.462 e. The van der Waals surface area contributed by atoms with Gasteiger partial charge in [-0.2, -0.15) is 0 Å². The van der Waals surface area contributed by atoms with Gasteiger partial charge in [-0.3, -0.25) is 4.79 Å². The fourth-order valence-electron chi connectivity index (χ4n) is 3.32. The molecule has 0 aromatic rings. The van der Waals surface area contributed by atoms with E-state index in [0.717, 1.165) is 32.1 Å². The molecule has 0 aliphatic carbocycles. The van der Waals surface area contributed by atoms with Crippen LogP contribution < -0.4 is 0 Å². The van der Waals surface area contributed by atoms with Gasteiger partial charge in [0, 0.05) is 6.42 Å². The van der Waals surface area contributed by atoms with Crippen molar-refractivity contribution in [2.24, 2.45) is 0 Å². The summed E-state index contributed by atoms with van der Waals surface area (Å²) in [6.45, 7) is 8.71. The summed E-state index contributed by atoms with van der Waals surface area (Å²) in [4.78, 5) is 24.0. The van der Waals surface area contributed by atoms with Gasteiger partial charge in [-0.15, -0.1) is 11.6 Å². The molecule has 29 heavy (non-hydrogen) atoms. The number of hydrogen-bond acceptors (Lipinski definition) is 4. The minimum absolute atomic E-state index is 0.0184. The Kier molecular flexibility index (Phi) is 12.2. The molecule has 1 rings (SSSR count). The number of allylic oxidation sites excluding steroid dienone is 6. The highest BCUT2D eigenvalue weighted by atomic mass is 35.5. The highest BCUT2D eigenvalue weighted by molar-refractivity contribution is 6.18. The van der Waals surface area contributed by atoms with E-state index in [-0.39, 0.29) is 24.9 Å². The number of Topliss-reactive ketones (excluding diaryl/α,β-unsaturated/α-hetero) is 1. The lowest BCUT2D eigenvalue weighted by Crippen LogP contribution is -2.47. The first kappa shape index (κ1) is 25.6. The molecule has 4 nitrogen and oxygen atoms in total. The number of rotatable bonds is 12. The maximum atomic E-state index is 12.5. The van der Waals surface area contributed by atoms with Crippen molar-refractivity contribution in [2.45, 2.75) is 84.7 Å². The van der Waals surface area contributed by atoms with Gasteiger partial charge in [0.15, 0.2) is 11.4 Å². The Bertz CT molecular complexity index is 617. The van der Waals surface area contributed by atoms with Crippen LogP contribution in [-0.2, 0) is 19.1 Å². The maximum Gasteiger partial charge on any atom is 0.338 e.